The van der Waals surface area contributed by atoms with Gasteiger partial charge in [-0.2, -0.15) is 18.3 Å². The number of hydrogen-bond donors (Lipinski definition) is 1. The number of pyridine rings is 1. The van der Waals surface area contributed by atoms with Crippen LogP contribution in [0.1, 0.15) is 27.2 Å². The fourth-order valence-electron chi connectivity index (χ4n) is 4.24. The fraction of sp³-hybridized carbons (Fsp3) is 0.179. The standard InChI is InChI=1S/C28H22F3N5O4/c1-40-27(39)20-8-6-18(7-9-20)22-14-33-36-16-24(38)35(15-17-5-12-23(32-13-17)28(29,30)31)34-26(36)25(22)19-3-2-4-21(37)11-10-19/h2-14,21,37H,15-16H2,1H3. The molecule has 1 amide bonds. The van der Waals surface area contributed by atoms with Crippen LogP contribution in [-0.4, -0.2) is 63.8 Å². The Morgan fingerprint density at radius 1 is 1.15 bits per heavy atom. The first-order valence-electron chi connectivity index (χ1n) is 12.0. The van der Waals surface area contributed by atoms with Crippen molar-refractivity contribution in [2.45, 2.75) is 18.8 Å². The molecule has 3 heterocycles. The Labute approximate surface area is 226 Å². The van der Waals surface area contributed by atoms with Crippen molar-refractivity contribution >= 4 is 29.5 Å². The number of benzene rings is 1. The van der Waals surface area contributed by atoms with E-state index in [4.69, 9.17) is 4.74 Å². The maximum absolute atomic E-state index is 12.9. The second kappa shape index (κ2) is 10.7. The van der Waals surface area contributed by atoms with Gasteiger partial charge in [0.15, 0.2) is 5.84 Å². The number of aliphatic hydroxyl groups is 1. The SMILES string of the molecule is COC(=O)c1ccc(C2=C(C3=CC=CC(O)C=C3)C3=NN(Cc4ccc(C(F)(F)F)nc4)C(=O)CN3N=C2)cc1. The summed E-state index contributed by atoms with van der Waals surface area (Å²) in [5.41, 5.74) is 2.29. The molecule has 3 aliphatic rings. The molecule has 5 rings (SSSR count). The molecule has 40 heavy (non-hydrogen) atoms. The van der Waals surface area contributed by atoms with E-state index >= 15 is 0 Å². The quantitative estimate of drug-likeness (QED) is 0.570. The van der Waals surface area contributed by atoms with Gasteiger partial charge in [-0.1, -0.05) is 48.6 Å². The lowest BCUT2D eigenvalue weighted by Gasteiger charge is -2.34. The van der Waals surface area contributed by atoms with Crippen LogP contribution in [0.15, 0.2) is 94.3 Å². The number of alkyl halides is 3. The molecule has 1 aromatic heterocycles. The monoisotopic (exact) mass is 549 g/mol. The summed E-state index contributed by atoms with van der Waals surface area (Å²) in [7, 11) is 1.29. The number of methoxy groups -OCH3 is 1. The zero-order valence-corrected chi connectivity index (χ0v) is 21.0. The number of fused-ring (bicyclic) bond motifs is 1. The molecule has 1 aliphatic carbocycles. The van der Waals surface area contributed by atoms with Crippen molar-refractivity contribution in [3.63, 3.8) is 0 Å². The topological polar surface area (TPSA) is 108 Å². The number of allylic oxidation sites excluding steroid dienone is 4. The number of aromatic nitrogens is 1. The van der Waals surface area contributed by atoms with Crippen molar-refractivity contribution in [2.24, 2.45) is 10.2 Å². The highest BCUT2D eigenvalue weighted by Crippen LogP contribution is 2.33. The van der Waals surface area contributed by atoms with Crippen LogP contribution in [0.2, 0.25) is 0 Å². The number of rotatable bonds is 5. The van der Waals surface area contributed by atoms with Gasteiger partial charge in [0, 0.05) is 17.3 Å². The number of aliphatic hydroxyl groups excluding tert-OH is 1. The Balaban J connectivity index is 1.57. The van der Waals surface area contributed by atoms with E-state index in [9.17, 15) is 27.9 Å². The van der Waals surface area contributed by atoms with Crippen LogP contribution in [0.4, 0.5) is 13.2 Å². The Kier molecular flexibility index (Phi) is 7.18. The Morgan fingerprint density at radius 2 is 1.93 bits per heavy atom. The molecule has 2 aromatic rings. The molecule has 0 bridgehead atoms. The molecule has 0 spiro atoms. The van der Waals surface area contributed by atoms with Gasteiger partial charge in [0.05, 0.1) is 31.5 Å². The van der Waals surface area contributed by atoms with Crippen molar-refractivity contribution < 1.29 is 32.6 Å². The lowest BCUT2D eigenvalue weighted by molar-refractivity contribution is -0.141. The predicted molar refractivity (Wildman–Crippen MR) is 139 cm³/mol. The molecule has 1 N–H and O–H groups in total. The molecule has 0 fully saturated rings. The van der Waals surface area contributed by atoms with Crippen molar-refractivity contribution in [3.8, 4) is 0 Å². The molecule has 0 saturated heterocycles. The molecular formula is C28H22F3N5O4. The lowest BCUT2D eigenvalue weighted by atomic mass is 9.92. The maximum atomic E-state index is 12.9. The number of hydrogen-bond acceptors (Lipinski definition) is 8. The molecule has 204 valence electrons. The summed E-state index contributed by atoms with van der Waals surface area (Å²) in [6.45, 7) is -0.258. The molecular weight excluding hydrogens is 527 g/mol. The first-order valence-corrected chi connectivity index (χ1v) is 12.0. The highest BCUT2D eigenvalue weighted by atomic mass is 19.4. The van der Waals surface area contributed by atoms with Crippen molar-refractivity contribution in [1.29, 1.82) is 0 Å². The molecule has 9 nitrogen and oxygen atoms in total. The summed E-state index contributed by atoms with van der Waals surface area (Å²) in [4.78, 5) is 28.3. The van der Waals surface area contributed by atoms with Gasteiger partial charge in [-0.15, -0.1) is 5.10 Å². The minimum atomic E-state index is -4.58. The number of hydrazone groups is 2. The van der Waals surface area contributed by atoms with E-state index in [0.29, 0.717) is 39.2 Å². The van der Waals surface area contributed by atoms with E-state index in [1.165, 1.54) is 23.2 Å². The Morgan fingerprint density at radius 3 is 2.60 bits per heavy atom. The summed E-state index contributed by atoms with van der Waals surface area (Å²) in [5, 5.41) is 21.7. The lowest BCUT2D eigenvalue weighted by Crippen LogP contribution is -2.46. The second-order valence-electron chi connectivity index (χ2n) is 8.94. The van der Waals surface area contributed by atoms with Gasteiger partial charge in [-0.3, -0.25) is 9.78 Å². The third kappa shape index (κ3) is 5.47. The molecule has 1 unspecified atom stereocenters. The predicted octanol–water partition coefficient (Wildman–Crippen LogP) is 3.71. The van der Waals surface area contributed by atoms with Crippen molar-refractivity contribution in [1.82, 2.24) is 15.0 Å². The van der Waals surface area contributed by atoms with E-state index in [-0.39, 0.29) is 13.1 Å². The van der Waals surface area contributed by atoms with Crippen LogP contribution in [-0.2, 0) is 22.3 Å². The van der Waals surface area contributed by atoms with Gasteiger partial charge in [-0.25, -0.2) is 14.8 Å². The summed E-state index contributed by atoms with van der Waals surface area (Å²) < 4.78 is 43.6. The average Bonchev–Trinajstić information content (AvgIpc) is 3.16. The van der Waals surface area contributed by atoms with Crippen LogP contribution in [0.25, 0.3) is 5.57 Å². The smallest absolute Gasteiger partial charge is 0.433 e. The normalized spacial score (nSPS) is 18.8. The summed E-state index contributed by atoms with van der Waals surface area (Å²) in [6, 6.07) is 8.80. The van der Waals surface area contributed by atoms with E-state index in [1.54, 1.807) is 60.9 Å². The second-order valence-corrected chi connectivity index (χ2v) is 8.94. The molecule has 0 radical (unpaired) electrons. The maximum Gasteiger partial charge on any atom is 0.433 e. The number of halogens is 3. The number of amidine groups is 1. The van der Waals surface area contributed by atoms with Gasteiger partial charge in [0.25, 0.3) is 5.91 Å². The Hall–Kier alpha value is -4.84. The van der Waals surface area contributed by atoms with Crippen LogP contribution in [0.3, 0.4) is 0 Å². The number of carbonyl (C=O) groups excluding carboxylic acids is 2. The van der Waals surface area contributed by atoms with Gasteiger partial charge in [0.1, 0.15) is 12.2 Å². The van der Waals surface area contributed by atoms with E-state index in [1.807, 2.05) is 0 Å². The summed E-state index contributed by atoms with van der Waals surface area (Å²) in [6.07, 6.45) is 5.67. The summed E-state index contributed by atoms with van der Waals surface area (Å²) in [5.74, 6) is -0.567. The molecule has 1 aromatic carbocycles. The van der Waals surface area contributed by atoms with Gasteiger partial charge in [0.2, 0.25) is 0 Å². The average molecular weight is 550 g/mol. The Bertz CT molecular complexity index is 1520. The van der Waals surface area contributed by atoms with Crippen molar-refractivity contribution in [3.05, 3.63) is 107 Å². The fourth-order valence-corrected chi connectivity index (χ4v) is 4.24. The number of ether oxygens (including phenoxy) is 1. The minimum absolute atomic E-state index is 0.102. The highest BCUT2D eigenvalue weighted by Gasteiger charge is 2.35. The number of carbonyl (C=O) groups is 2. The zero-order chi connectivity index (χ0) is 28.4. The first kappa shape index (κ1) is 26.8. The number of nitrogens with zero attached hydrogens (tertiary/aromatic N) is 5. The third-order valence-corrected chi connectivity index (χ3v) is 6.26. The van der Waals surface area contributed by atoms with Crippen LogP contribution in [0.5, 0.6) is 0 Å². The summed E-state index contributed by atoms with van der Waals surface area (Å²) >= 11 is 0. The highest BCUT2D eigenvalue weighted by molar-refractivity contribution is 6.25. The van der Waals surface area contributed by atoms with E-state index in [2.05, 4.69) is 15.2 Å². The van der Waals surface area contributed by atoms with Crippen LogP contribution >= 0.6 is 0 Å². The zero-order valence-electron chi connectivity index (χ0n) is 21.0. The number of esters is 1. The molecule has 2 aliphatic heterocycles. The van der Waals surface area contributed by atoms with Gasteiger partial charge >= 0.3 is 12.1 Å². The molecule has 12 heteroatoms. The first-order chi connectivity index (χ1) is 19.1. The largest absolute Gasteiger partial charge is 0.465 e. The van der Waals surface area contributed by atoms with E-state index < -0.39 is 29.9 Å². The number of amides is 1. The molecule has 0 saturated carbocycles. The van der Waals surface area contributed by atoms with Crippen molar-refractivity contribution in [2.75, 3.05) is 13.7 Å². The van der Waals surface area contributed by atoms with Crippen LogP contribution < -0.4 is 0 Å². The van der Waals surface area contributed by atoms with E-state index in [0.717, 1.165) is 12.3 Å². The van der Waals surface area contributed by atoms with Gasteiger partial charge < -0.3 is 9.84 Å². The van der Waals surface area contributed by atoms with Gasteiger partial charge in [-0.05, 0) is 34.9 Å². The van der Waals surface area contributed by atoms with Crippen LogP contribution in [0, 0.1) is 0 Å². The third-order valence-electron chi connectivity index (χ3n) is 6.26. The molecule has 1 atom stereocenters. The minimum Gasteiger partial charge on any atom is -0.465 e.